The number of amides is 1. The van der Waals surface area contributed by atoms with Crippen LogP contribution in [0.2, 0.25) is 0 Å². The second kappa shape index (κ2) is 8.67. The molecule has 1 heterocycles. The molecule has 0 aliphatic rings. The van der Waals surface area contributed by atoms with Crippen molar-refractivity contribution < 1.29 is 13.2 Å². The van der Waals surface area contributed by atoms with E-state index in [9.17, 15) is 13.2 Å². The first kappa shape index (κ1) is 20.7. The van der Waals surface area contributed by atoms with Crippen LogP contribution in [0.3, 0.4) is 0 Å². The lowest BCUT2D eigenvalue weighted by molar-refractivity contribution is 0.0945. The van der Waals surface area contributed by atoms with Gasteiger partial charge in [-0.1, -0.05) is 66.7 Å². The summed E-state index contributed by atoms with van der Waals surface area (Å²) in [6, 6.07) is 26.8. The number of para-hydroxylation sites is 1. The monoisotopic (exact) mass is 431 g/mol. The number of benzene rings is 3. The van der Waals surface area contributed by atoms with E-state index in [2.05, 4.69) is 10.3 Å². The first-order valence-electron chi connectivity index (χ1n) is 9.71. The summed E-state index contributed by atoms with van der Waals surface area (Å²) in [5.74, 6) is -0.370. The van der Waals surface area contributed by atoms with Crippen molar-refractivity contribution in [1.82, 2.24) is 14.6 Å². The van der Waals surface area contributed by atoms with Gasteiger partial charge in [-0.25, -0.2) is 13.4 Å². The van der Waals surface area contributed by atoms with Crippen LogP contribution in [0, 0.1) is 0 Å². The molecular formula is C24H21N3O3S. The molecule has 0 spiro atoms. The van der Waals surface area contributed by atoms with Crippen LogP contribution in [-0.4, -0.2) is 37.3 Å². The number of hydrogen-bond donors (Lipinski definition) is 1. The van der Waals surface area contributed by atoms with E-state index < -0.39 is 10.0 Å². The largest absolute Gasteiger partial charge is 0.338 e. The number of rotatable bonds is 6. The first-order valence-corrected chi connectivity index (χ1v) is 11.2. The average Bonchev–Trinajstić information content (AvgIpc) is 2.82. The molecule has 1 amide bonds. The first-order chi connectivity index (χ1) is 15.0. The predicted octanol–water partition coefficient (Wildman–Crippen LogP) is 3.91. The lowest BCUT2D eigenvalue weighted by Crippen LogP contribution is -2.38. The summed E-state index contributed by atoms with van der Waals surface area (Å²) in [4.78, 5) is 17.9. The number of pyridine rings is 1. The van der Waals surface area contributed by atoms with Crippen molar-refractivity contribution in [2.24, 2.45) is 0 Å². The Hall–Kier alpha value is -3.55. The Morgan fingerprint density at radius 1 is 0.903 bits per heavy atom. The van der Waals surface area contributed by atoms with E-state index in [-0.39, 0.29) is 17.5 Å². The van der Waals surface area contributed by atoms with Crippen LogP contribution >= 0.6 is 0 Å². The number of hydrogen-bond acceptors (Lipinski definition) is 4. The van der Waals surface area contributed by atoms with E-state index >= 15 is 0 Å². The van der Waals surface area contributed by atoms with E-state index in [1.165, 1.54) is 19.2 Å². The zero-order valence-corrected chi connectivity index (χ0v) is 17.7. The molecule has 0 radical (unpaired) electrons. The maximum Gasteiger partial charge on any atom is 0.253 e. The third kappa shape index (κ3) is 4.33. The summed E-state index contributed by atoms with van der Waals surface area (Å²) in [6.07, 6.45) is 0. The Balaban J connectivity index is 1.62. The highest BCUT2D eigenvalue weighted by molar-refractivity contribution is 7.89. The smallest absolute Gasteiger partial charge is 0.253 e. The molecule has 0 saturated carbocycles. The molecule has 156 valence electrons. The summed E-state index contributed by atoms with van der Waals surface area (Å²) in [7, 11) is -2.27. The summed E-state index contributed by atoms with van der Waals surface area (Å²) in [6.45, 7) is -0.159. The average molecular weight is 432 g/mol. The molecule has 6 nitrogen and oxygen atoms in total. The van der Waals surface area contributed by atoms with Gasteiger partial charge in [0.2, 0.25) is 10.0 Å². The molecule has 1 N–H and O–H groups in total. The van der Waals surface area contributed by atoms with Gasteiger partial charge < -0.3 is 5.32 Å². The number of carbonyl (C=O) groups is 1. The third-order valence-electron chi connectivity index (χ3n) is 4.94. The molecule has 0 bridgehead atoms. The molecule has 0 fully saturated rings. The van der Waals surface area contributed by atoms with E-state index in [0.29, 0.717) is 22.2 Å². The molecule has 4 rings (SSSR count). The molecular weight excluding hydrogens is 410 g/mol. The minimum atomic E-state index is -3.70. The summed E-state index contributed by atoms with van der Waals surface area (Å²) >= 11 is 0. The molecule has 0 atom stereocenters. The van der Waals surface area contributed by atoms with Crippen LogP contribution in [0.1, 0.15) is 10.4 Å². The zero-order valence-electron chi connectivity index (χ0n) is 16.9. The van der Waals surface area contributed by atoms with Crippen LogP contribution in [-0.2, 0) is 10.0 Å². The highest BCUT2D eigenvalue weighted by atomic mass is 32.2. The fourth-order valence-corrected chi connectivity index (χ4v) is 4.35. The van der Waals surface area contributed by atoms with E-state index in [1.807, 2.05) is 54.6 Å². The number of sulfonamides is 1. The van der Waals surface area contributed by atoms with Gasteiger partial charge in [0.25, 0.3) is 5.91 Å². The number of carbonyl (C=O) groups excluding carboxylic acids is 1. The van der Waals surface area contributed by atoms with Crippen molar-refractivity contribution in [3.8, 4) is 11.3 Å². The van der Waals surface area contributed by atoms with Gasteiger partial charge in [0.15, 0.2) is 0 Å². The van der Waals surface area contributed by atoms with Gasteiger partial charge >= 0.3 is 0 Å². The number of nitrogens with zero attached hydrogens (tertiary/aromatic N) is 2. The Labute approximate surface area is 181 Å². The summed E-state index contributed by atoms with van der Waals surface area (Å²) < 4.78 is 26.5. The van der Waals surface area contributed by atoms with Crippen LogP contribution in [0.25, 0.3) is 22.2 Å². The van der Waals surface area contributed by atoms with Crippen molar-refractivity contribution in [2.75, 3.05) is 13.7 Å². The normalized spacial score (nSPS) is 11.5. The predicted molar refractivity (Wildman–Crippen MR) is 121 cm³/mol. The Bertz CT molecular complexity index is 1320. The Kier molecular flexibility index (Phi) is 5.79. The number of fused-ring (bicyclic) bond motifs is 1. The fourth-order valence-electron chi connectivity index (χ4n) is 3.26. The second-order valence-electron chi connectivity index (χ2n) is 7.02. The van der Waals surface area contributed by atoms with Crippen LogP contribution in [0.5, 0.6) is 0 Å². The highest BCUT2D eigenvalue weighted by Crippen LogP contribution is 2.25. The fraction of sp³-hybridized carbons (Fsp3) is 0.0833. The quantitative estimate of drug-likeness (QED) is 0.470. The number of aromatic nitrogens is 1. The maximum absolute atomic E-state index is 13.0. The van der Waals surface area contributed by atoms with E-state index in [1.54, 1.807) is 24.3 Å². The highest BCUT2D eigenvalue weighted by Gasteiger charge is 2.21. The molecule has 1 aromatic heterocycles. The van der Waals surface area contributed by atoms with Crippen molar-refractivity contribution in [2.45, 2.75) is 4.90 Å². The van der Waals surface area contributed by atoms with Crippen LogP contribution in [0.4, 0.5) is 0 Å². The van der Waals surface area contributed by atoms with Gasteiger partial charge in [-0.2, -0.15) is 4.31 Å². The van der Waals surface area contributed by atoms with Gasteiger partial charge in [-0.05, 0) is 24.3 Å². The van der Waals surface area contributed by atoms with Gasteiger partial charge in [0.05, 0.1) is 28.3 Å². The maximum atomic E-state index is 13.0. The zero-order chi connectivity index (χ0) is 21.8. The van der Waals surface area contributed by atoms with E-state index in [0.717, 1.165) is 9.87 Å². The standard InChI is InChI=1S/C24H21N3O3S/c1-27(31(29,30)19-12-6-3-7-13-19)17-25-24(28)21-16-23(18-10-4-2-5-11-18)26-22-15-9-8-14-20(21)22/h2-16H,17H2,1H3,(H,25,28). The molecule has 4 aromatic rings. The molecule has 0 aliphatic heterocycles. The minimum Gasteiger partial charge on any atom is -0.338 e. The second-order valence-corrected chi connectivity index (χ2v) is 9.06. The Morgan fingerprint density at radius 3 is 2.23 bits per heavy atom. The van der Waals surface area contributed by atoms with Gasteiger partial charge in [-0.3, -0.25) is 4.79 Å². The lowest BCUT2D eigenvalue weighted by atomic mass is 10.0. The van der Waals surface area contributed by atoms with Crippen LogP contribution < -0.4 is 5.32 Å². The van der Waals surface area contributed by atoms with Crippen molar-refractivity contribution in [1.29, 1.82) is 0 Å². The molecule has 0 aliphatic carbocycles. The van der Waals surface area contributed by atoms with Crippen LogP contribution in [0.15, 0.2) is 95.9 Å². The molecule has 31 heavy (non-hydrogen) atoms. The van der Waals surface area contributed by atoms with Gasteiger partial charge in [0.1, 0.15) is 0 Å². The van der Waals surface area contributed by atoms with Crippen molar-refractivity contribution >= 4 is 26.8 Å². The minimum absolute atomic E-state index is 0.159. The SMILES string of the molecule is CN(CNC(=O)c1cc(-c2ccccc2)nc2ccccc12)S(=O)(=O)c1ccccc1. The summed E-state index contributed by atoms with van der Waals surface area (Å²) in [5.41, 5.74) is 2.70. The van der Waals surface area contributed by atoms with Crippen molar-refractivity contribution in [3.05, 3.63) is 96.6 Å². The third-order valence-corrected chi connectivity index (χ3v) is 6.76. The topological polar surface area (TPSA) is 79.4 Å². The molecule has 0 unspecified atom stereocenters. The van der Waals surface area contributed by atoms with Gasteiger partial charge in [-0.15, -0.1) is 0 Å². The summed E-state index contributed by atoms with van der Waals surface area (Å²) in [5, 5.41) is 3.43. The molecule has 3 aromatic carbocycles. The molecule has 7 heteroatoms. The van der Waals surface area contributed by atoms with E-state index in [4.69, 9.17) is 0 Å². The Morgan fingerprint density at radius 2 is 1.52 bits per heavy atom. The number of nitrogens with one attached hydrogen (secondary N) is 1. The molecule has 0 saturated heterocycles. The lowest BCUT2D eigenvalue weighted by Gasteiger charge is -2.18. The van der Waals surface area contributed by atoms with Crippen molar-refractivity contribution in [3.63, 3.8) is 0 Å². The van der Waals surface area contributed by atoms with Gasteiger partial charge in [0, 0.05) is 18.0 Å².